The van der Waals surface area contributed by atoms with E-state index in [2.05, 4.69) is 10.9 Å². The van der Waals surface area contributed by atoms with Crippen LogP contribution in [0.2, 0.25) is 0 Å². The van der Waals surface area contributed by atoms with Gasteiger partial charge in [0.25, 0.3) is 11.8 Å². The van der Waals surface area contributed by atoms with Crippen molar-refractivity contribution < 1.29 is 28.6 Å². The van der Waals surface area contributed by atoms with E-state index in [0.717, 1.165) is 6.42 Å². The SMILES string of the molecule is CCCOC(=O)c1ccc(OCC(=O)NNC(=O)C(CC)Oc2ccccc2)cc1. The number of nitrogens with one attached hydrogen (secondary N) is 2. The van der Waals surface area contributed by atoms with Crippen LogP contribution in [0.3, 0.4) is 0 Å². The summed E-state index contributed by atoms with van der Waals surface area (Å²) in [7, 11) is 0. The van der Waals surface area contributed by atoms with Gasteiger partial charge in [-0.15, -0.1) is 0 Å². The minimum atomic E-state index is -0.742. The molecule has 2 N–H and O–H groups in total. The Morgan fingerprint density at radius 2 is 1.60 bits per heavy atom. The topological polar surface area (TPSA) is 103 Å². The molecule has 0 saturated heterocycles. The second-order valence-electron chi connectivity index (χ2n) is 6.31. The van der Waals surface area contributed by atoms with Crippen molar-refractivity contribution >= 4 is 17.8 Å². The Balaban J connectivity index is 1.74. The van der Waals surface area contributed by atoms with E-state index in [-0.39, 0.29) is 6.61 Å². The number of amides is 2. The Bertz CT molecular complexity index is 823. The minimum absolute atomic E-state index is 0.309. The van der Waals surface area contributed by atoms with Crippen molar-refractivity contribution in [1.82, 2.24) is 10.9 Å². The summed E-state index contributed by atoms with van der Waals surface area (Å²) in [6.45, 7) is 3.77. The molecule has 2 amide bonds. The number of carbonyl (C=O) groups excluding carboxylic acids is 3. The summed E-state index contributed by atoms with van der Waals surface area (Å²) in [5.41, 5.74) is 5.02. The Kier molecular flexibility index (Phi) is 9.18. The van der Waals surface area contributed by atoms with Crippen LogP contribution in [0.15, 0.2) is 54.6 Å². The molecule has 1 atom stereocenters. The normalized spacial score (nSPS) is 11.1. The molecule has 2 aromatic carbocycles. The molecular formula is C22H26N2O6. The van der Waals surface area contributed by atoms with E-state index in [0.29, 0.717) is 30.1 Å². The van der Waals surface area contributed by atoms with Gasteiger partial charge in [-0.3, -0.25) is 20.4 Å². The van der Waals surface area contributed by atoms with Gasteiger partial charge in [-0.1, -0.05) is 32.0 Å². The van der Waals surface area contributed by atoms with Crippen LogP contribution in [0.4, 0.5) is 0 Å². The molecule has 30 heavy (non-hydrogen) atoms. The number of rotatable bonds is 10. The summed E-state index contributed by atoms with van der Waals surface area (Å²) in [5.74, 6) is -0.445. The van der Waals surface area contributed by atoms with Gasteiger partial charge in [0.2, 0.25) is 0 Å². The van der Waals surface area contributed by atoms with Gasteiger partial charge in [0.05, 0.1) is 12.2 Å². The number of hydrogen-bond acceptors (Lipinski definition) is 6. The molecule has 0 spiro atoms. The highest BCUT2D eigenvalue weighted by atomic mass is 16.5. The quantitative estimate of drug-likeness (QED) is 0.458. The van der Waals surface area contributed by atoms with Crippen LogP contribution in [0.5, 0.6) is 11.5 Å². The molecule has 2 rings (SSSR count). The van der Waals surface area contributed by atoms with Gasteiger partial charge >= 0.3 is 5.97 Å². The predicted molar refractivity (Wildman–Crippen MR) is 110 cm³/mol. The Morgan fingerprint density at radius 3 is 2.23 bits per heavy atom. The number of hydrogen-bond donors (Lipinski definition) is 2. The van der Waals surface area contributed by atoms with Crippen LogP contribution in [-0.4, -0.2) is 37.1 Å². The van der Waals surface area contributed by atoms with Crippen molar-refractivity contribution in [2.75, 3.05) is 13.2 Å². The maximum absolute atomic E-state index is 12.2. The lowest BCUT2D eigenvalue weighted by molar-refractivity contribution is -0.134. The molecule has 8 heteroatoms. The average molecular weight is 414 g/mol. The third kappa shape index (κ3) is 7.46. The average Bonchev–Trinajstić information content (AvgIpc) is 2.79. The lowest BCUT2D eigenvalue weighted by Crippen LogP contribution is -2.49. The van der Waals surface area contributed by atoms with E-state index < -0.39 is 23.9 Å². The molecule has 2 aromatic rings. The lowest BCUT2D eigenvalue weighted by atomic mass is 10.2. The van der Waals surface area contributed by atoms with E-state index in [4.69, 9.17) is 14.2 Å². The first-order valence-corrected chi connectivity index (χ1v) is 9.73. The Labute approximate surface area is 175 Å². The van der Waals surface area contributed by atoms with Crippen molar-refractivity contribution in [3.63, 3.8) is 0 Å². The zero-order valence-electron chi connectivity index (χ0n) is 17.1. The van der Waals surface area contributed by atoms with Crippen molar-refractivity contribution in [3.8, 4) is 11.5 Å². The van der Waals surface area contributed by atoms with Crippen molar-refractivity contribution in [1.29, 1.82) is 0 Å². The maximum atomic E-state index is 12.2. The molecule has 160 valence electrons. The summed E-state index contributed by atoms with van der Waals surface area (Å²) in [6.07, 6.45) is 0.435. The predicted octanol–water partition coefficient (Wildman–Crippen LogP) is 2.64. The monoisotopic (exact) mass is 414 g/mol. The molecule has 8 nitrogen and oxygen atoms in total. The molecule has 0 radical (unpaired) electrons. The molecule has 1 unspecified atom stereocenters. The first-order chi connectivity index (χ1) is 14.5. The first kappa shape index (κ1) is 22.7. The van der Waals surface area contributed by atoms with Gasteiger partial charge in [0.15, 0.2) is 12.7 Å². The van der Waals surface area contributed by atoms with Crippen LogP contribution < -0.4 is 20.3 Å². The molecular weight excluding hydrogens is 388 g/mol. The van der Waals surface area contributed by atoms with Gasteiger partial charge in [0.1, 0.15) is 11.5 Å². The van der Waals surface area contributed by atoms with E-state index in [9.17, 15) is 14.4 Å². The van der Waals surface area contributed by atoms with Gasteiger partial charge in [0, 0.05) is 0 Å². The van der Waals surface area contributed by atoms with E-state index in [1.165, 1.54) is 0 Å². The van der Waals surface area contributed by atoms with Crippen LogP contribution in [-0.2, 0) is 14.3 Å². The van der Waals surface area contributed by atoms with Crippen LogP contribution in [0, 0.1) is 0 Å². The number of hydrazine groups is 1. The van der Waals surface area contributed by atoms with Crippen LogP contribution in [0.1, 0.15) is 37.0 Å². The molecule has 0 aliphatic heterocycles. The zero-order chi connectivity index (χ0) is 21.8. The number of esters is 1. The number of para-hydroxylation sites is 1. The largest absolute Gasteiger partial charge is 0.484 e. The smallest absolute Gasteiger partial charge is 0.338 e. The second kappa shape index (κ2) is 12.1. The second-order valence-corrected chi connectivity index (χ2v) is 6.31. The molecule has 0 heterocycles. The van der Waals surface area contributed by atoms with E-state index in [1.54, 1.807) is 55.5 Å². The Hall–Kier alpha value is -3.55. The summed E-state index contributed by atoms with van der Waals surface area (Å²) in [4.78, 5) is 35.9. The zero-order valence-corrected chi connectivity index (χ0v) is 17.1. The molecule has 0 saturated carbocycles. The van der Waals surface area contributed by atoms with Gasteiger partial charge < -0.3 is 14.2 Å². The molecule has 0 aromatic heterocycles. The summed E-state index contributed by atoms with van der Waals surface area (Å²) in [5, 5.41) is 0. The minimum Gasteiger partial charge on any atom is -0.484 e. The summed E-state index contributed by atoms with van der Waals surface area (Å²) in [6, 6.07) is 15.2. The highest BCUT2D eigenvalue weighted by molar-refractivity contribution is 5.89. The molecule has 0 aliphatic rings. The number of benzene rings is 2. The van der Waals surface area contributed by atoms with Crippen molar-refractivity contribution in [2.45, 2.75) is 32.8 Å². The fourth-order valence-electron chi connectivity index (χ4n) is 2.35. The van der Waals surface area contributed by atoms with Gasteiger partial charge in [-0.25, -0.2) is 4.79 Å². The van der Waals surface area contributed by atoms with Gasteiger partial charge in [-0.2, -0.15) is 0 Å². The third-order valence-electron chi connectivity index (χ3n) is 3.91. The molecule has 0 aliphatic carbocycles. The lowest BCUT2D eigenvalue weighted by Gasteiger charge is -2.17. The van der Waals surface area contributed by atoms with Crippen molar-refractivity contribution in [2.24, 2.45) is 0 Å². The molecule has 0 bridgehead atoms. The Morgan fingerprint density at radius 1 is 0.900 bits per heavy atom. The highest BCUT2D eigenvalue weighted by Gasteiger charge is 2.19. The van der Waals surface area contributed by atoms with E-state index >= 15 is 0 Å². The summed E-state index contributed by atoms with van der Waals surface area (Å²) >= 11 is 0. The number of carbonyl (C=O) groups is 3. The fourth-order valence-corrected chi connectivity index (χ4v) is 2.35. The molecule has 0 fully saturated rings. The number of ether oxygens (including phenoxy) is 3. The van der Waals surface area contributed by atoms with E-state index in [1.807, 2.05) is 13.0 Å². The van der Waals surface area contributed by atoms with Gasteiger partial charge in [-0.05, 0) is 49.2 Å². The van der Waals surface area contributed by atoms with Crippen LogP contribution >= 0.6 is 0 Å². The highest BCUT2D eigenvalue weighted by Crippen LogP contribution is 2.13. The third-order valence-corrected chi connectivity index (χ3v) is 3.91. The van der Waals surface area contributed by atoms with Crippen LogP contribution in [0.25, 0.3) is 0 Å². The maximum Gasteiger partial charge on any atom is 0.338 e. The fraction of sp³-hybridized carbons (Fsp3) is 0.318. The van der Waals surface area contributed by atoms with Crippen molar-refractivity contribution in [3.05, 3.63) is 60.2 Å². The first-order valence-electron chi connectivity index (χ1n) is 9.73. The summed E-state index contributed by atoms with van der Waals surface area (Å²) < 4.78 is 16.0. The standard InChI is InChI=1S/C22H26N2O6/c1-3-14-28-22(27)16-10-12-17(13-11-16)29-15-20(25)23-24-21(26)19(4-2)30-18-8-6-5-7-9-18/h5-13,19H,3-4,14-15H2,1-2H3,(H,23,25)(H,24,26).